The van der Waals surface area contributed by atoms with Crippen molar-refractivity contribution in [3.05, 3.63) is 113 Å². The number of benzene rings is 4. The van der Waals surface area contributed by atoms with Crippen LogP contribution in [0.4, 0.5) is 17.1 Å². The van der Waals surface area contributed by atoms with Crippen molar-refractivity contribution in [2.45, 2.75) is 38.3 Å². The van der Waals surface area contributed by atoms with Gasteiger partial charge in [0.1, 0.15) is 11.5 Å². The van der Waals surface area contributed by atoms with Crippen molar-refractivity contribution in [2.24, 2.45) is 0 Å². The number of fused-ring (bicyclic) bond motifs is 6. The molecule has 0 saturated carbocycles. The predicted molar refractivity (Wildman–Crippen MR) is 145 cm³/mol. The van der Waals surface area contributed by atoms with Crippen LogP contribution in [0.1, 0.15) is 52.4 Å². The van der Waals surface area contributed by atoms with E-state index in [0.29, 0.717) is 17.4 Å². The first-order valence-corrected chi connectivity index (χ1v) is 12.9. The highest BCUT2D eigenvalue weighted by molar-refractivity contribution is 5.97. The minimum Gasteiger partial charge on any atom is -0.456 e. The van der Waals surface area contributed by atoms with Crippen LogP contribution in [0.25, 0.3) is 0 Å². The Morgan fingerprint density at radius 1 is 0.892 bits per heavy atom. The molecule has 0 aromatic heterocycles. The summed E-state index contributed by atoms with van der Waals surface area (Å²) in [4.78, 5) is 15.7. The second-order valence-corrected chi connectivity index (χ2v) is 10.2. The molecule has 1 saturated heterocycles. The zero-order valence-corrected chi connectivity index (χ0v) is 21.0. The van der Waals surface area contributed by atoms with Gasteiger partial charge in [-0.05, 0) is 74.7 Å². The molecule has 1 spiro atoms. The summed E-state index contributed by atoms with van der Waals surface area (Å²) in [5.41, 5.74) is 6.16. The fourth-order valence-corrected chi connectivity index (χ4v) is 6.12. The summed E-state index contributed by atoms with van der Waals surface area (Å²) in [5.74, 6) is 1.13. The zero-order chi connectivity index (χ0) is 25.1. The first kappa shape index (κ1) is 22.0. The molecule has 2 unspecified atom stereocenters. The van der Waals surface area contributed by atoms with Gasteiger partial charge in [-0.3, -0.25) is 0 Å². The smallest absolute Gasteiger partial charge is 0.340 e. The Labute approximate surface area is 216 Å². The molecule has 4 aromatic rings. The third kappa shape index (κ3) is 3.27. The molecule has 0 amide bonds. The maximum atomic E-state index is 13.2. The van der Waals surface area contributed by atoms with Gasteiger partial charge in [-0.15, -0.1) is 0 Å². The Morgan fingerprint density at radius 3 is 2.49 bits per heavy atom. The lowest BCUT2D eigenvalue weighted by molar-refractivity contribution is 0.0224. The second kappa shape index (κ2) is 8.13. The normalized spacial score (nSPS) is 21.2. The van der Waals surface area contributed by atoms with Crippen LogP contribution in [0.5, 0.6) is 11.5 Å². The lowest BCUT2D eigenvalue weighted by Gasteiger charge is -2.38. The van der Waals surface area contributed by atoms with E-state index in [0.717, 1.165) is 51.6 Å². The molecule has 0 bridgehead atoms. The molecule has 184 valence electrons. The number of hydrogen-bond donors (Lipinski definition) is 1. The number of nitrogens with zero attached hydrogens (tertiary/aromatic N) is 1. The minimum atomic E-state index is -1.08. The summed E-state index contributed by atoms with van der Waals surface area (Å²) in [5, 5.41) is 3.54. The Morgan fingerprint density at radius 2 is 1.68 bits per heavy atom. The maximum Gasteiger partial charge on any atom is 0.340 e. The molecule has 5 nitrogen and oxygen atoms in total. The molecule has 5 heteroatoms. The molecule has 2 atom stereocenters. The average Bonchev–Trinajstić information content (AvgIpc) is 3.47. The number of nitrogens with one attached hydrogen (secondary N) is 1. The van der Waals surface area contributed by atoms with Gasteiger partial charge in [-0.1, -0.05) is 36.4 Å². The van der Waals surface area contributed by atoms with Crippen LogP contribution in [0, 0.1) is 6.92 Å². The van der Waals surface area contributed by atoms with Crippen molar-refractivity contribution in [1.29, 1.82) is 0 Å². The van der Waals surface area contributed by atoms with E-state index >= 15 is 0 Å². The van der Waals surface area contributed by atoms with Gasteiger partial charge in [-0.2, -0.15) is 0 Å². The van der Waals surface area contributed by atoms with Gasteiger partial charge in [0, 0.05) is 52.4 Å². The Hall–Kier alpha value is -4.25. The number of rotatable bonds is 3. The molecule has 3 heterocycles. The van der Waals surface area contributed by atoms with E-state index < -0.39 is 5.60 Å². The van der Waals surface area contributed by atoms with Crippen LogP contribution in [0.2, 0.25) is 0 Å². The number of hydrogen-bond acceptors (Lipinski definition) is 5. The van der Waals surface area contributed by atoms with E-state index in [1.54, 1.807) is 0 Å². The van der Waals surface area contributed by atoms with Gasteiger partial charge in [0.05, 0.1) is 5.56 Å². The summed E-state index contributed by atoms with van der Waals surface area (Å²) in [6.07, 6.45) is 2.37. The van der Waals surface area contributed by atoms with Gasteiger partial charge in [-0.25, -0.2) is 4.79 Å². The second-order valence-electron chi connectivity index (χ2n) is 10.2. The lowest BCUT2D eigenvalue weighted by Crippen LogP contribution is -2.33. The first-order valence-electron chi connectivity index (χ1n) is 12.9. The van der Waals surface area contributed by atoms with E-state index in [2.05, 4.69) is 48.3 Å². The van der Waals surface area contributed by atoms with E-state index in [1.165, 1.54) is 12.8 Å². The van der Waals surface area contributed by atoms with E-state index in [1.807, 2.05) is 60.7 Å². The van der Waals surface area contributed by atoms with Crippen LogP contribution in [-0.4, -0.2) is 18.6 Å². The molecule has 3 aliphatic heterocycles. The van der Waals surface area contributed by atoms with E-state index in [4.69, 9.17) is 9.47 Å². The number of aryl methyl sites for hydroxylation is 1. The number of esters is 1. The topological polar surface area (TPSA) is 50.8 Å². The van der Waals surface area contributed by atoms with Crippen LogP contribution >= 0.6 is 0 Å². The summed E-state index contributed by atoms with van der Waals surface area (Å²) in [6.45, 7) is 5.37. The highest BCUT2D eigenvalue weighted by Gasteiger charge is 2.53. The number of anilines is 3. The number of para-hydroxylation sites is 1. The van der Waals surface area contributed by atoms with Gasteiger partial charge in [0.15, 0.2) is 5.60 Å². The molecular weight excluding hydrogens is 460 g/mol. The lowest BCUT2D eigenvalue weighted by atomic mass is 9.77. The summed E-state index contributed by atoms with van der Waals surface area (Å²) in [7, 11) is 0. The van der Waals surface area contributed by atoms with Crippen molar-refractivity contribution in [1.82, 2.24) is 0 Å². The third-order valence-corrected chi connectivity index (χ3v) is 7.98. The van der Waals surface area contributed by atoms with Gasteiger partial charge < -0.3 is 19.7 Å². The van der Waals surface area contributed by atoms with Crippen molar-refractivity contribution in [2.75, 3.05) is 16.8 Å². The quantitative estimate of drug-likeness (QED) is 0.307. The highest BCUT2D eigenvalue weighted by atomic mass is 16.6. The van der Waals surface area contributed by atoms with Crippen molar-refractivity contribution in [3.8, 4) is 11.5 Å². The number of carbonyl (C=O) groups excluding carboxylic acids is 1. The van der Waals surface area contributed by atoms with Crippen LogP contribution < -0.4 is 15.0 Å². The largest absolute Gasteiger partial charge is 0.456 e. The molecule has 0 radical (unpaired) electrons. The summed E-state index contributed by atoms with van der Waals surface area (Å²) < 4.78 is 13.0. The Balaban J connectivity index is 1.44. The van der Waals surface area contributed by atoms with Crippen LogP contribution in [0.15, 0.2) is 84.9 Å². The minimum absolute atomic E-state index is 0.315. The van der Waals surface area contributed by atoms with Gasteiger partial charge in [0.25, 0.3) is 0 Å². The summed E-state index contributed by atoms with van der Waals surface area (Å²) in [6, 6.07) is 28.7. The number of carbonyl (C=O) groups is 1. The van der Waals surface area contributed by atoms with Gasteiger partial charge in [0.2, 0.25) is 0 Å². The van der Waals surface area contributed by atoms with E-state index in [-0.39, 0.29) is 5.97 Å². The van der Waals surface area contributed by atoms with Crippen molar-refractivity contribution in [3.63, 3.8) is 0 Å². The molecular formula is C32H28N2O3. The number of ether oxygens (including phenoxy) is 2. The molecule has 7 rings (SSSR count). The molecule has 37 heavy (non-hydrogen) atoms. The fourth-order valence-electron chi connectivity index (χ4n) is 6.12. The van der Waals surface area contributed by atoms with Crippen molar-refractivity contribution >= 4 is 23.0 Å². The van der Waals surface area contributed by atoms with Crippen LogP contribution in [0.3, 0.4) is 0 Å². The fraction of sp³-hybridized carbons (Fsp3) is 0.219. The molecule has 3 aliphatic rings. The zero-order valence-electron chi connectivity index (χ0n) is 21.0. The SMILES string of the molecule is Cc1cc2c(cc1Nc1ccccc1)C1(OC(=O)c3ccccc31)c1ccc(N3CCCC3C)cc1O2. The van der Waals surface area contributed by atoms with Crippen molar-refractivity contribution < 1.29 is 14.3 Å². The highest BCUT2D eigenvalue weighted by Crippen LogP contribution is 2.57. The molecule has 4 aromatic carbocycles. The average molecular weight is 489 g/mol. The van der Waals surface area contributed by atoms with E-state index in [9.17, 15) is 4.79 Å². The predicted octanol–water partition coefficient (Wildman–Crippen LogP) is 7.30. The Kier molecular flexibility index (Phi) is 4.83. The maximum absolute atomic E-state index is 13.2. The first-order chi connectivity index (χ1) is 18.0. The molecule has 1 fully saturated rings. The standard InChI is InChI=1S/C32H28N2O3/c1-20-17-29-27(19-28(20)33-22-10-4-3-5-11-22)32(25-13-7-6-12-24(25)31(35)37-32)26-15-14-23(18-30(26)36-29)34-16-8-9-21(34)2/h3-7,10-15,17-19,21,33H,8-9,16H2,1-2H3. The Bertz CT molecular complexity index is 1550. The monoisotopic (exact) mass is 488 g/mol. The summed E-state index contributed by atoms with van der Waals surface area (Å²) >= 11 is 0. The molecule has 1 N–H and O–H groups in total. The van der Waals surface area contributed by atoms with Gasteiger partial charge >= 0.3 is 5.97 Å². The third-order valence-electron chi connectivity index (χ3n) is 7.98. The van der Waals surface area contributed by atoms with Crippen LogP contribution in [-0.2, 0) is 10.3 Å². The molecule has 0 aliphatic carbocycles.